The van der Waals surface area contributed by atoms with E-state index in [0.29, 0.717) is 6.10 Å². The van der Waals surface area contributed by atoms with Gasteiger partial charge >= 0.3 is 0 Å². The Bertz CT molecular complexity index is 1330. The van der Waals surface area contributed by atoms with E-state index >= 15 is 0 Å². The van der Waals surface area contributed by atoms with Crippen molar-refractivity contribution in [2.24, 2.45) is 0 Å². The van der Waals surface area contributed by atoms with Crippen LogP contribution < -0.4 is 4.74 Å². The van der Waals surface area contributed by atoms with Crippen molar-refractivity contribution in [2.75, 3.05) is 0 Å². The average Bonchev–Trinajstić information content (AvgIpc) is 3.43. The number of H-pyrrole nitrogens is 2. The molecule has 0 aliphatic heterocycles. The van der Waals surface area contributed by atoms with E-state index in [-0.39, 0.29) is 0 Å². The highest BCUT2D eigenvalue weighted by atomic mass is 16.5. The molecule has 0 saturated heterocycles. The molecule has 0 bridgehead atoms. The van der Waals surface area contributed by atoms with Gasteiger partial charge in [-0.05, 0) is 62.1 Å². The van der Waals surface area contributed by atoms with Crippen molar-refractivity contribution in [3.63, 3.8) is 0 Å². The number of rotatable bonds is 4. The van der Waals surface area contributed by atoms with Crippen molar-refractivity contribution < 1.29 is 4.74 Å². The van der Waals surface area contributed by atoms with Crippen molar-refractivity contribution in [3.05, 3.63) is 60.9 Å². The molecule has 6 heteroatoms. The number of ether oxygens (including phenoxy) is 1. The van der Waals surface area contributed by atoms with E-state index in [1.807, 2.05) is 36.5 Å². The second-order valence-corrected chi connectivity index (χ2v) is 8.22. The molecule has 2 N–H and O–H groups in total. The first-order valence-electron chi connectivity index (χ1n) is 10.9. The number of aromatic nitrogens is 5. The van der Waals surface area contributed by atoms with Crippen LogP contribution >= 0.6 is 0 Å². The number of benzene rings is 1. The number of nitrogens with one attached hydrogen (secondary N) is 2. The first kappa shape index (κ1) is 18.1. The van der Waals surface area contributed by atoms with Crippen LogP contribution in [0.2, 0.25) is 0 Å². The van der Waals surface area contributed by atoms with Crippen LogP contribution in [0.15, 0.2) is 60.9 Å². The molecule has 1 fully saturated rings. The Morgan fingerprint density at radius 1 is 0.935 bits per heavy atom. The molecule has 0 unspecified atom stereocenters. The summed E-state index contributed by atoms with van der Waals surface area (Å²) in [4.78, 5) is 12.5. The summed E-state index contributed by atoms with van der Waals surface area (Å²) >= 11 is 0. The molecule has 0 spiro atoms. The minimum atomic E-state index is 0.330. The van der Waals surface area contributed by atoms with Crippen LogP contribution in [-0.2, 0) is 0 Å². The molecular formula is C25H23N5O. The van der Waals surface area contributed by atoms with Gasteiger partial charge < -0.3 is 9.72 Å². The zero-order valence-corrected chi connectivity index (χ0v) is 17.1. The smallest absolute Gasteiger partial charge is 0.135 e. The summed E-state index contributed by atoms with van der Waals surface area (Å²) in [6.07, 6.45) is 10.1. The maximum Gasteiger partial charge on any atom is 0.135 e. The molecule has 5 aromatic rings. The largest absolute Gasteiger partial charge is 0.490 e. The van der Waals surface area contributed by atoms with Gasteiger partial charge in [0.25, 0.3) is 0 Å². The lowest BCUT2D eigenvalue weighted by Gasteiger charge is -2.23. The van der Waals surface area contributed by atoms with Gasteiger partial charge in [0.2, 0.25) is 0 Å². The zero-order valence-electron chi connectivity index (χ0n) is 17.1. The predicted octanol–water partition coefficient (Wildman–Crippen LogP) is 5.88. The van der Waals surface area contributed by atoms with Crippen LogP contribution in [0.5, 0.6) is 5.75 Å². The van der Waals surface area contributed by atoms with Crippen molar-refractivity contribution in [1.29, 1.82) is 0 Å². The van der Waals surface area contributed by atoms with Gasteiger partial charge in [-0.1, -0.05) is 18.6 Å². The third-order valence-electron chi connectivity index (χ3n) is 6.07. The summed E-state index contributed by atoms with van der Waals surface area (Å²) in [5, 5.41) is 8.73. The lowest BCUT2D eigenvalue weighted by Crippen LogP contribution is -2.19. The number of fused-ring (bicyclic) bond motifs is 2. The molecule has 0 amide bonds. The molecule has 1 saturated carbocycles. The molecule has 1 aromatic carbocycles. The Labute approximate surface area is 179 Å². The molecule has 1 aliphatic carbocycles. The van der Waals surface area contributed by atoms with Gasteiger partial charge in [-0.2, -0.15) is 5.10 Å². The van der Waals surface area contributed by atoms with Crippen LogP contribution in [-0.4, -0.2) is 31.3 Å². The summed E-state index contributed by atoms with van der Waals surface area (Å²) in [6.45, 7) is 0. The Morgan fingerprint density at radius 3 is 2.77 bits per heavy atom. The summed E-state index contributed by atoms with van der Waals surface area (Å²) < 4.78 is 6.26. The predicted molar refractivity (Wildman–Crippen MR) is 122 cm³/mol. The molecule has 4 heterocycles. The van der Waals surface area contributed by atoms with Crippen LogP contribution in [0.1, 0.15) is 32.1 Å². The van der Waals surface area contributed by atoms with Crippen LogP contribution in [0.25, 0.3) is 44.6 Å². The summed E-state index contributed by atoms with van der Waals surface area (Å²) in [5.41, 5.74) is 6.42. The maximum absolute atomic E-state index is 6.26. The fourth-order valence-electron chi connectivity index (χ4n) is 4.45. The summed E-state index contributed by atoms with van der Waals surface area (Å²) in [7, 11) is 0. The van der Waals surface area contributed by atoms with Crippen LogP contribution in [0.3, 0.4) is 0 Å². The fourth-order valence-corrected chi connectivity index (χ4v) is 4.45. The van der Waals surface area contributed by atoms with Crippen molar-refractivity contribution >= 4 is 21.9 Å². The van der Waals surface area contributed by atoms with E-state index in [9.17, 15) is 0 Å². The summed E-state index contributed by atoms with van der Waals surface area (Å²) in [6, 6.07) is 16.4. The first-order chi connectivity index (χ1) is 15.3. The highest BCUT2D eigenvalue weighted by molar-refractivity contribution is 5.94. The molecule has 0 radical (unpaired) electrons. The fraction of sp³-hybridized carbons (Fsp3) is 0.240. The van der Waals surface area contributed by atoms with E-state index in [0.717, 1.165) is 63.2 Å². The highest BCUT2D eigenvalue weighted by Crippen LogP contribution is 2.31. The second kappa shape index (κ2) is 7.54. The minimum Gasteiger partial charge on any atom is -0.490 e. The Morgan fingerprint density at radius 2 is 1.87 bits per heavy atom. The molecule has 31 heavy (non-hydrogen) atoms. The molecular weight excluding hydrogens is 386 g/mol. The Kier molecular flexibility index (Phi) is 4.41. The Balaban J connectivity index is 1.36. The molecule has 6 rings (SSSR count). The van der Waals surface area contributed by atoms with Crippen molar-refractivity contribution in [1.82, 2.24) is 25.1 Å². The third kappa shape index (κ3) is 3.44. The molecule has 1 aliphatic rings. The first-order valence-corrected chi connectivity index (χ1v) is 10.9. The highest BCUT2D eigenvalue weighted by Gasteiger charge is 2.16. The average molecular weight is 409 g/mol. The molecule has 154 valence electrons. The van der Waals surface area contributed by atoms with Crippen molar-refractivity contribution in [2.45, 2.75) is 38.2 Å². The topological polar surface area (TPSA) is 79.5 Å². The van der Waals surface area contributed by atoms with Crippen molar-refractivity contribution in [3.8, 4) is 28.4 Å². The SMILES string of the molecule is c1cc(OC2CCCCC2)cc(-c2ccc3[nH]nc(-c4cc5ccncc5[nH]4)c3n2)c1. The van der Waals surface area contributed by atoms with E-state index < -0.39 is 0 Å². The lowest BCUT2D eigenvalue weighted by molar-refractivity contribution is 0.155. The van der Waals surface area contributed by atoms with Crippen LogP contribution in [0, 0.1) is 0 Å². The van der Waals surface area contributed by atoms with E-state index in [1.54, 1.807) is 6.20 Å². The molecule has 0 atom stereocenters. The molecule has 6 nitrogen and oxygen atoms in total. The van der Waals surface area contributed by atoms with Gasteiger partial charge in [-0.15, -0.1) is 0 Å². The quantitative estimate of drug-likeness (QED) is 0.388. The standard InChI is InChI=1S/C25H23N5O/c1-2-6-18(7-3-1)31-19-8-4-5-16(13-19)20-9-10-21-24(28-20)25(30-29-21)22-14-17-11-12-26-15-23(17)27-22/h4-5,8-15,18,27H,1-3,6-7H2,(H,29,30). The third-order valence-corrected chi connectivity index (χ3v) is 6.07. The van der Waals surface area contributed by atoms with Crippen LogP contribution in [0.4, 0.5) is 0 Å². The van der Waals surface area contributed by atoms with E-state index in [1.165, 1.54) is 19.3 Å². The van der Waals surface area contributed by atoms with E-state index in [2.05, 4.69) is 38.4 Å². The number of nitrogens with zero attached hydrogens (tertiary/aromatic N) is 3. The number of hydrogen-bond donors (Lipinski definition) is 2. The van der Waals surface area contributed by atoms with Gasteiger partial charge in [0, 0.05) is 17.1 Å². The van der Waals surface area contributed by atoms with Gasteiger partial charge in [0.1, 0.15) is 17.0 Å². The Hall–Kier alpha value is -3.67. The monoisotopic (exact) mass is 409 g/mol. The number of pyridine rings is 2. The number of aromatic amines is 2. The normalized spacial score (nSPS) is 15.0. The van der Waals surface area contributed by atoms with Gasteiger partial charge in [-0.3, -0.25) is 10.1 Å². The zero-order chi connectivity index (χ0) is 20.6. The van der Waals surface area contributed by atoms with Gasteiger partial charge in [0.15, 0.2) is 0 Å². The van der Waals surface area contributed by atoms with E-state index in [4.69, 9.17) is 9.72 Å². The number of hydrogen-bond acceptors (Lipinski definition) is 4. The van der Waals surface area contributed by atoms with Gasteiger partial charge in [0.05, 0.1) is 34.7 Å². The summed E-state index contributed by atoms with van der Waals surface area (Å²) in [5.74, 6) is 0.918. The second-order valence-electron chi connectivity index (χ2n) is 8.22. The van der Waals surface area contributed by atoms with Gasteiger partial charge in [-0.25, -0.2) is 4.98 Å². The molecule has 4 aromatic heterocycles. The maximum atomic E-state index is 6.26. The minimum absolute atomic E-state index is 0.330. The lowest BCUT2D eigenvalue weighted by atomic mass is 9.98.